The van der Waals surface area contributed by atoms with Crippen LogP contribution in [0.5, 0.6) is 0 Å². The number of nitrogens with zero attached hydrogens (tertiary/aromatic N) is 1. The molecule has 1 amide bonds. The molecule has 0 radical (unpaired) electrons. The quantitative estimate of drug-likeness (QED) is 0.680. The second-order valence-corrected chi connectivity index (χ2v) is 11.8. The van der Waals surface area contributed by atoms with E-state index in [0.717, 1.165) is 18.4 Å². The Balaban J connectivity index is 1.47. The van der Waals surface area contributed by atoms with Crippen LogP contribution in [0.3, 0.4) is 0 Å². The van der Waals surface area contributed by atoms with Crippen LogP contribution < -0.4 is 4.72 Å². The molecule has 2 aliphatic rings. The van der Waals surface area contributed by atoms with E-state index in [9.17, 15) is 13.2 Å². The second-order valence-electron chi connectivity index (χ2n) is 10.2. The minimum Gasteiger partial charge on any atom is -0.350 e. The molecular formula is C26H34N2O5S. The molecule has 2 aromatic rings. The first-order valence-electron chi connectivity index (χ1n) is 11.8. The van der Waals surface area contributed by atoms with Gasteiger partial charge in [-0.05, 0) is 60.6 Å². The van der Waals surface area contributed by atoms with E-state index in [2.05, 4.69) is 4.72 Å². The summed E-state index contributed by atoms with van der Waals surface area (Å²) in [4.78, 5) is 15.2. The molecule has 0 atom stereocenters. The molecule has 7 nitrogen and oxygen atoms in total. The third-order valence-corrected chi connectivity index (χ3v) is 8.09. The van der Waals surface area contributed by atoms with Gasteiger partial charge in [-0.3, -0.25) is 9.52 Å². The van der Waals surface area contributed by atoms with Crippen LogP contribution in [0.25, 0.3) is 0 Å². The van der Waals surface area contributed by atoms with Crippen molar-refractivity contribution in [3.8, 4) is 0 Å². The van der Waals surface area contributed by atoms with Gasteiger partial charge in [0.25, 0.3) is 15.9 Å². The van der Waals surface area contributed by atoms with E-state index in [0.29, 0.717) is 49.0 Å². The van der Waals surface area contributed by atoms with Crippen LogP contribution >= 0.6 is 0 Å². The lowest BCUT2D eigenvalue weighted by Crippen LogP contribution is -2.41. The lowest BCUT2D eigenvalue weighted by molar-refractivity contribution is -0.0956. The van der Waals surface area contributed by atoms with Crippen LogP contribution in [0.15, 0.2) is 47.4 Å². The number of ether oxygens (including phenoxy) is 2. The zero-order chi connectivity index (χ0) is 24.5. The molecule has 0 bridgehead atoms. The first-order chi connectivity index (χ1) is 16.0. The molecule has 2 fully saturated rings. The van der Waals surface area contributed by atoms with Crippen LogP contribution in [0.4, 0.5) is 5.69 Å². The molecule has 1 N–H and O–H groups in total. The van der Waals surface area contributed by atoms with Gasteiger partial charge in [0.15, 0.2) is 6.29 Å². The molecule has 2 heterocycles. The smallest absolute Gasteiger partial charge is 0.262 e. The number of hydrogen-bond acceptors (Lipinski definition) is 5. The Kier molecular flexibility index (Phi) is 7.03. The number of carbonyl (C=O) groups is 1. The minimum absolute atomic E-state index is 0.0985. The van der Waals surface area contributed by atoms with Crippen LogP contribution in [0.2, 0.25) is 0 Å². The van der Waals surface area contributed by atoms with Crippen molar-refractivity contribution in [2.24, 2.45) is 5.92 Å². The number of aryl methyl sites for hydroxylation is 1. The number of carbonyl (C=O) groups excluding carboxylic acids is 1. The fourth-order valence-electron chi connectivity index (χ4n) is 4.49. The van der Waals surface area contributed by atoms with Crippen LogP contribution in [0.1, 0.15) is 55.1 Å². The van der Waals surface area contributed by atoms with Gasteiger partial charge in [0.1, 0.15) is 0 Å². The predicted molar refractivity (Wildman–Crippen MR) is 131 cm³/mol. The Bertz CT molecular complexity index is 1140. The fraction of sp³-hybridized carbons (Fsp3) is 0.500. The van der Waals surface area contributed by atoms with Gasteiger partial charge in [-0.15, -0.1) is 0 Å². The van der Waals surface area contributed by atoms with Gasteiger partial charge in [-0.25, -0.2) is 8.42 Å². The Morgan fingerprint density at radius 1 is 1.03 bits per heavy atom. The highest BCUT2D eigenvalue weighted by Crippen LogP contribution is 2.29. The van der Waals surface area contributed by atoms with E-state index in [4.69, 9.17) is 9.47 Å². The summed E-state index contributed by atoms with van der Waals surface area (Å²) in [7, 11) is -3.81. The van der Waals surface area contributed by atoms with Crippen LogP contribution in [0, 0.1) is 12.8 Å². The molecule has 8 heteroatoms. The van der Waals surface area contributed by atoms with Crippen molar-refractivity contribution in [3.63, 3.8) is 0 Å². The Hall–Kier alpha value is -2.42. The summed E-state index contributed by atoms with van der Waals surface area (Å²) in [5.74, 6) is 0.204. The maximum atomic E-state index is 13.2. The monoisotopic (exact) mass is 486 g/mol. The van der Waals surface area contributed by atoms with Gasteiger partial charge in [0.05, 0.1) is 18.1 Å². The number of sulfonamides is 1. The summed E-state index contributed by atoms with van der Waals surface area (Å²) in [6, 6.07) is 12.2. The number of anilines is 1. The number of nitrogens with one attached hydrogen (secondary N) is 1. The molecule has 2 aliphatic heterocycles. The van der Waals surface area contributed by atoms with Crippen molar-refractivity contribution in [1.29, 1.82) is 0 Å². The molecule has 34 heavy (non-hydrogen) atoms. The predicted octanol–water partition coefficient (Wildman–Crippen LogP) is 4.32. The maximum Gasteiger partial charge on any atom is 0.262 e. The number of amides is 1. The average Bonchev–Trinajstić information content (AvgIpc) is 3.33. The number of hydrogen-bond donors (Lipinski definition) is 1. The van der Waals surface area contributed by atoms with E-state index in [1.807, 2.05) is 37.8 Å². The molecule has 0 aliphatic carbocycles. The third-order valence-electron chi connectivity index (χ3n) is 6.56. The van der Waals surface area contributed by atoms with Gasteiger partial charge in [0, 0.05) is 30.3 Å². The minimum atomic E-state index is -3.81. The molecule has 4 rings (SSSR count). The zero-order valence-electron chi connectivity index (χ0n) is 20.3. The molecular weight excluding hydrogens is 452 g/mol. The number of benzene rings is 2. The van der Waals surface area contributed by atoms with Gasteiger partial charge in [-0.1, -0.05) is 39.0 Å². The highest BCUT2D eigenvalue weighted by atomic mass is 32.2. The summed E-state index contributed by atoms with van der Waals surface area (Å²) >= 11 is 0. The molecule has 184 valence electrons. The van der Waals surface area contributed by atoms with Gasteiger partial charge >= 0.3 is 0 Å². The standard InChI is InChI=1S/C26H34N2O5S/c1-18-8-9-21(26(2,3)4)17-23(18)34(30,31)27-22-7-5-6-20(16-22)24(29)28-12-10-19(11-13-28)25-32-14-15-33-25/h5-9,16-17,19,25,27H,10-15H2,1-4H3. The van der Waals surface area contributed by atoms with E-state index < -0.39 is 10.0 Å². The third kappa shape index (κ3) is 5.45. The molecule has 0 spiro atoms. The molecule has 2 aromatic carbocycles. The van der Waals surface area contributed by atoms with Crippen molar-refractivity contribution in [2.75, 3.05) is 31.0 Å². The number of likely N-dealkylation sites (tertiary alicyclic amines) is 1. The van der Waals surface area contributed by atoms with E-state index >= 15 is 0 Å². The first kappa shape index (κ1) is 24.7. The first-order valence-corrected chi connectivity index (χ1v) is 13.3. The maximum absolute atomic E-state index is 13.2. The second kappa shape index (κ2) is 9.68. The van der Waals surface area contributed by atoms with Crippen LogP contribution in [-0.2, 0) is 24.9 Å². The molecule has 0 saturated carbocycles. The zero-order valence-corrected chi connectivity index (χ0v) is 21.2. The largest absolute Gasteiger partial charge is 0.350 e. The lowest BCUT2D eigenvalue weighted by Gasteiger charge is -2.34. The Labute approximate surface area is 202 Å². The highest BCUT2D eigenvalue weighted by Gasteiger charge is 2.32. The highest BCUT2D eigenvalue weighted by molar-refractivity contribution is 7.92. The fourth-order valence-corrected chi connectivity index (χ4v) is 5.81. The number of rotatable bonds is 5. The Morgan fingerprint density at radius 2 is 1.71 bits per heavy atom. The summed E-state index contributed by atoms with van der Waals surface area (Å²) in [6.45, 7) is 10.4. The summed E-state index contributed by atoms with van der Waals surface area (Å²) < 4.78 is 40.3. The molecule has 2 saturated heterocycles. The normalized spacial score (nSPS) is 18.3. The SMILES string of the molecule is Cc1ccc(C(C)(C)C)cc1S(=O)(=O)Nc1cccc(C(=O)N2CCC(C3OCCO3)CC2)c1. The van der Waals surface area contributed by atoms with Crippen molar-refractivity contribution < 1.29 is 22.7 Å². The van der Waals surface area contributed by atoms with E-state index in [1.54, 1.807) is 37.3 Å². The van der Waals surface area contributed by atoms with Crippen LogP contribution in [-0.4, -0.2) is 51.8 Å². The molecule has 0 aromatic heterocycles. The summed E-state index contributed by atoms with van der Waals surface area (Å²) in [6.07, 6.45) is 1.49. The van der Waals surface area contributed by atoms with Gasteiger partial charge in [0.2, 0.25) is 0 Å². The summed E-state index contributed by atoms with van der Waals surface area (Å²) in [5, 5.41) is 0. The molecule has 0 unspecified atom stereocenters. The average molecular weight is 487 g/mol. The van der Waals surface area contributed by atoms with Gasteiger partial charge in [-0.2, -0.15) is 0 Å². The van der Waals surface area contributed by atoms with E-state index in [1.165, 1.54) is 0 Å². The topological polar surface area (TPSA) is 84.9 Å². The van der Waals surface area contributed by atoms with E-state index in [-0.39, 0.29) is 22.5 Å². The lowest BCUT2D eigenvalue weighted by atomic mass is 9.87. The van der Waals surface area contributed by atoms with Crippen molar-refractivity contribution in [2.45, 2.75) is 57.1 Å². The Morgan fingerprint density at radius 3 is 2.35 bits per heavy atom. The summed E-state index contributed by atoms with van der Waals surface area (Å²) in [5.41, 5.74) is 2.28. The van der Waals surface area contributed by atoms with Crippen molar-refractivity contribution in [1.82, 2.24) is 4.90 Å². The number of piperidine rings is 1. The van der Waals surface area contributed by atoms with Gasteiger partial charge < -0.3 is 14.4 Å². The van der Waals surface area contributed by atoms with Crippen molar-refractivity contribution >= 4 is 21.6 Å². The van der Waals surface area contributed by atoms with Crippen molar-refractivity contribution in [3.05, 3.63) is 59.2 Å².